The third-order valence-electron chi connectivity index (χ3n) is 5.76. The van der Waals surface area contributed by atoms with Crippen LogP contribution in [-0.4, -0.2) is 49.7 Å². The van der Waals surface area contributed by atoms with Crippen LogP contribution in [0.25, 0.3) is 10.9 Å². The molecule has 0 spiro atoms. The molecule has 0 amide bonds. The van der Waals surface area contributed by atoms with Crippen LogP contribution in [0.1, 0.15) is 33.1 Å². The van der Waals surface area contributed by atoms with E-state index in [1.54, 1.807) is 7.11 Å². The van der Waals surface area contributed by atoms with E-state index in [4.69, 9.17) is 9.47 Å². The molecule has 6 heteroatoms. The van der Waals surface area contributed by atoms with Crippen molar-refractivity contribution in [1.29, 1.82) is 0 Å². The van der Waals surface area contributed by atoms with E-state index in [0.717, 1.165) is 37.4 Å². The first-order chi connectivity index (χ1) is 14.1. The van der Waals surface area contributed by atoms with Gasteiger partial charge in [-0.3, -0.25) is 4.90 Å². The van der Waals surface area contributed by atoms with E-state index >= 15 is 0 Å². The number of ether oxygens (including phenoxy) is 2. The number of rotatable bonds is 5. The maximum Gasteiger partial charge on any atom is 0.337 e. The number of piperazine rings is 1. The lowest BCUT2D eigenvalue weighted by Crippen LogP contribution is -2.45. The van der Waals surface area contributed by atoms with Crippen LogP contribution in [0.15, 0.2) is 42.6 Å². The molecule has 0 radical (unpaired) electrons. The van der Waals surface area contributed by atoms with Gasteiger partial charge >= 0.3 is 5.97 Å². The smallest absolute Gasteiger partial charge is 0.337 e. The molecule has 0 bridgehead atoms. The zero-order valence-electron chi connectivity index (χ0n) is 17.1. The SMILES string of the molecule is COC(=O)c1ccc(C2CNCCN2Cc2c(OC)cc(C)c3[nH]ccc23)cc1. The lowest BCUT2D eigenvalue weighted by atomic mass is 9.99. The second kappa shape index (κ2) is 8.27. The predicted octanol–water partition coefficient (Wildman–Crippen LogP) is 3.42. The molecule has 0 aliphatic carbocycles. The van der Waals surface area contributed by atoms with Crippen molar-refractivity contribution in [3.05, 3.63) is 64.8 Å². The number of methoxy groups -OCH3 is 2. The van der Waals surface area contributed by atoms with Gasteiger partial charge < -0.3 is 19.8 Å². The standard InChI is InChI=1S/C23H27N3O3/c1-15-12-21(28-2)19(18-8-9-25-22(15)18)14-26-11-10-24-13-20(26)16-4-6-17(7-5-16)23(27)29-3/h4-9,12,20,24-25H,10-11,13-14H2,1-3H3. The van der Waals surface area contributed by atoms with Gasteiger partial charge in [-0.15, -0.1) is 0 Å². The Morgan fingerprint density at radius 1 is 1.21 bits per heavy atom. The van der Waals surface area contributed by atoms with Gasteiger partial charge in [0.1, 0.15) is 5.75 Å². The summed E-state index contributed by atoms with van der Waals surface area (Å²) in [5, 5.41) is 4.71. The average molecular weight is 393 g/mol. The normalized spacial score (nSPS) is 17.4. The molecule has 1 aromatic heterocycles. The summed E-state index contributed by atoms with van der Waals surface area (Å²) in [4.78, 5) is 17.6. The zero-order valence-corrected chi connectivity index (χ0v) is 17.1. The van der Waals surface area contributed by atoms with Gasteiger partial charge in [0.15, 0.2) is 0 Å². The fraction of sp³-hybridized carbons (Fsp3) is 0.348. The van der Waals surface area contributed by atoms with Gasteiger partial charge in [0.2, 0.25) is 0 Å². The summed E-state index contributed by atoms with van der Waals surface area (Å²) in [5.74, 6) is 0.613. The monoisotopic (exact) mass is 393 g/mol. The lowest BCUT2D eigenvalue weighted by molar-refractivity contribution is 0.0600. The molecule has 1 fully saturated rings. The van der Waals surface area contributed by atoms with Crippen molar-refractivity contribution < 1.29 is 14.3 Å². The Hall–Kier alpha value is -2.83. The first kappa shape index (κ1) is 19.5. The zero-order chi connectivity index (χ0) is 20.4. The third kappa shape index (κ3) is 3.73. The molecule has 1 aliphatic heterocycles. The van der Waals surface area contributed by atoms with E-state index in [9.17, 15) is 4.79 Å². The van der Waals surface area contributed by atoms with Crippen molar-refractivity contribution in [3.63, 3.8) is 0 Å². The van der Waals surface area contributed by atoms with Crippen molar-refractivity contribution >= 4 is 16.9 Å². The second-order valence-electron chi connectivity index (χ2n) is 7.44. The van der Waals surface area contributed by atoms with Crippen molar-refractivity contribution in [2.75, 3.05) is 33.9 Å². The summed E-state index contributed by atoms with van der Waals surface area (Å²) in [7, 11) is 3.14. The van der Waals surface area contributed by atoms with Crippen LogP contribution < -0.4 is 10.1 Å². The number of esters is 1. The number of fused-ring (bicyclic) bond motifs is 1. The number of aryl methyl sites for hydroxylation is 1. The molecule has 2 N–H and O–H groups in total. The van der Waals surface area contributed by atoms with Crippen LogP contribution in [0.4, 0.5) is 0 Å². The van der Waals surface area contributed by atoms with E-state index in [-0.39, 0.29) is 12.0 Å². The van der Waals surface area contributed by atoms with E-state index in [0.29, 0.717) is 5.56 Å². The number of aromatic nitrogens is 1. The number of carbonyl (C=O) groups excluding carboxylic acids is 1. The minimum atomic E-state index is -0.311. The van der Waals surface area contributed by atoms with Gasteiger partial charge in [-0.1, -0.05) is 12.1 Å². The molecule has 2 heterocycles. The summed E-state index contributed by atoms with van der Waals surface area (Å²) in [6, 6.07) is 12.2. The Labute approximate surface area is 170 Å². The van der Waals surface area contributed by atoms with E-state index in [1.165, 1.54) is 29.2 Å². The number of nitrogens with one attached hydrogen (secondary N) is 2. The topological polar surface area (TPSA) is 66.6 Å². The minimum absolute atomic E-state index is 0.218. The molecule has 6 nitrogen and oxygen atoms in total. The second-order valence-corrected chi connectivity index (χ2v) is 7.44. The van der Waals surface area contributed by atoms with Crippen LogP contribution in [0, 0.1) is 6.92 Å². The number of nitrogens with zero attached hydrogens (tertiary/aromatic N) is 1. The molecule has 152 valence electrons. The molecule has 29 heavy (non-hydrogen) atoms. The van der Waals surface area contributed by atoms with Crippen molar-refractivity contribution in [2.24, 2.45) is 0 Å². The number of carbonyl (C=O) groups is 1. The molecule has 1 unspecified atom stereocenters. The highest BCUT2D eigenvalue weighted by molar-refractivity contribution is 5.89. The Bertz CT molecular complexity index is 1010. The molecule has 2 aromatic carbocycles. The van der Waals surface area contributed by atoms with Crippen LogP contribution in [-0.2, 0) is 11.3 Å². The fourth-order valence-corrected chi connectivity index (χ4v) is 4.21. The molecule has 4 rings (SSSR count). The summed E-state index contributed by atoms with van der Waals surface area (Å²) in [5.41, 5.74) is 5.30. The predicted molar refractivity (Wildman–Crippen MR) is 113 cm³/mol. The van der Waals surface area contributed by atoms with Crippen LogP contribution >= 0.6 is 0 Å². The number of benzene rings is 2. The van der Waals surface area contributed by atoms with E-state index < -0.39 is 0 Å². The highest BCUT2D eigenvalue weighted by Crippen LogP contribution is 2.34. The summed E-state index contributed by atoms with van der Waals surface area (Å²) in [6.45, 7) is 5.64. The van der Waals surface area contributed by atoms with Gasteiger partial charge in [0, 0.05) is 54.9 Å². The summed E-state index contributed by atoms with van der Waals surface area (Å²) >= 11 is 0. The Morgan fingerprint density at radius 2 is 2.00 bits per heavy atom. The van der Waals surface area contributed by atoms with E-state index in [1.807, 2.05) is 30.5 Å². The molecule has 0 saturated carbocycles. The van der Waals surface area contributed by atoms with Gasteiger partial charge in [0.05, 0.1) is 19.8 Å². The van der Waals surface area contributed by atoms with Crippen LogP contribution in [0.3, 0.4) is 0 Å². The Balaban J connectivity index is 1.65. The van der Waals surface area contributed by atoms with Gasteiger partial charge in [0.25, 0.3) is 0 Å². The van der Waals surface area contributed by atoms with Crippen LogP contribution in [0.2, 0.25) is 0 Å². The minimum Gasteiger partial charge on any atom is -0.496 e. The third-order valence-corrected chi connectivity index (χ3v) is 5.76. The van der Waals surface area contributed by atoms with Gasteiger partial charge in [-0.25, -0.2) is 4.79 Å². The van der Waals surface area contributed by atoms with Crippen molar-refractivity contribution in [2.45, 2.75) is 19.5 Å². The van der Waals surface area contributed by atoms with Crippen LogP contribution in [0.5, 0.6) is 5.75 Å². The Kier molecular flexibility index (Phi) is 5.56. The quantitative estimate of drug-likeness (QED) is 0.650. The molecule has 3 aromatic rings. The molecule has 1 aliphatic rings. The maximum absolute atomic E-state index is 11.7. The molecule has 1 saturated heterocycles. The first-order valence-corrected chi connectivity index (χ1v) is 9.89. The highest BCUT2D eigenvalue weighted by Gasteiger charge is 2.26. The lowest BCUT2D eigenvalue weighted by Gasteiger charge is -2.37. The average Bonchev–Trinajstić information content (AvgIpc) is 3.26. The first-order valence-electron chi connectivity index (χ1n) is 9.89. The van der Waals surface area contributed by atoms with Crippen molar-refractivity contribution in [1.82, 2.24) is 15.2 Å². The van der Waals surface area contributed by atoms with E-state index in [2.05, 4.69) is 34.3 Å². The van der Waals surface area contributed by atoms with Gasteiger partial charge in [-0.2, -0.15) is 0 Å². The van der Waals surface area contributed by atoms with Crippen molar-refractivity contribution in [3.8, 4) is 5.75 Å². The highest BCUT2D eigenvalue weighted by atomic mass is 16.5. The summed E-state index contributed by atoms with van der Waals surface area (Å²) < 4.78 is 10.5. The summed E-state index contributed by atoms with van der Waals surface area (Å²) in [6.07, 6.45) is 1.99. The fourth-order valence-electron chi connectivity index (χ4n) is 4.21. The Morgan fingerprint density at radius 3 is 2.72 bits per heavy atom. The largest absolute Gasteiger partial charge is 0.496 e. The maximum atomic E-state index is 11.7. The number of hydrogen-bond donors (Lipinski definition) is 2. The number of H-pyrrole nitrogens is 1. The van der Waals surface area contributed by atoms with Gasteiger partial charge in [-0.05, 0) is 42.3 Å². The molecular weight excluding hydrogens is 366 g/mol. The number of aromatic amines is 1. The molecule has 1 atom stereocenters. The molecular formula is C23H27N3O3. The number of hydrogen-bond acceptors (Lipinski definition) is 5.